The van der Waals surface area contributed by atoms with E-state index in [1.165, 1.54) is 5.56 Å². The molecule has 1 aromatic carbocycles. The van der Waals surface area contributed by atoms with E-state index in [9.17, 15) is 8.42 Å². The average molecular weight is 359 g/mol. The van der Waals surface area contributed by atoms with Gasteiger partial charge in [-0.05, 0) is 61.9 Å². The fraction of sp³-hybridized carbons (Fsp3) is 0.647. The van der Waals surface area contributed by atoms with Crippen LogP contribution in [0.4, 0.5) is 0 Å². The molecule has 130 valence electrons. The number of rotatable bonds is 4. The molecule has 2 aliphatic heterocycles. The van der Waals surface area contributed by atoms with Gasteiger partial charge in [0.1, 0.15) is 0 Å². The number of benzene rings is 1. The van der Waals surface area contributed by atoms with Crippen molar-refractivity contribution in [3.63, 3.8) is 0 Å². The Hall–Kier alpha value is -0.620. The summed E-state index contributed by atoms with van der Waals surface area (Å²) in [5.74, 6) is 0. The number of sulfonamides is 1. The second kappa shape index (κ2) is 7.51. The molecule has 0 atom stereocenters. The molecule has 0 amide bonds. The molecule has 2 heterocycles. The van der Waals surface area contributed by atoms with Crippen LogP contribution < -0.4 is 5.32 Å². The first-order chi connectivity index (χ1) is 10.6. The molecule has 1 N–H and O–H groups in total. The Morgan fingerprint density at radius 1 is 1.13 bits per heavy atom. The number of aryl methyl sites for hydroxylation is 1. The average Bonchev–Trinajstić information content (AvgIpc) is 2.93. The molecular formula is C17H27ClN2O2S. The van der Waals surface area contributed by atoms with Crippen molar-refractivity contribution in [3.8, 4) is 0 Å². The van der Waals surface area contributed by atoms with E-state index in [0.717, 1.165) is 45.2 Å². The molecule has 3 rings (SSSR count). The maximum atomic E-state index is 12.8. The fourth-order valence-electron chi connectivity index (χ4n) is 3.73. The third-order valence-electron chi connectivity index (χ3n) is 5.17. The van der Waals surface area contributed by atoms with Crippen LogP contribution in [0.3, 0.4) is 0 Å². The summed E-state index contributed by atoms with van der Waals surface area (Å²) in [4.78, 5) is 0.443. The van der Waals surface area contributed by atoms with E-state index in [-0.39, 0.29) is 17.8 Å². The van der Waals surface area contributed by atoms with Gasteiger partial charge >= 0.3 is 0 Å². The molecule has 0 aromatic heterocycles. The molecule has 0 saturated carbocycles. The van der Waals surface area contributed by atoms with E-state index in [1.807, 2.05) is 12.1 Å². The zero-order chi connectivity index (χ0) is 15.6. The summed E-state index contributed by atoms with van der Waals surface area (Å²) in [5, 5.41) is 3.37. The van der Waals surface area contributed by atoms with Crippen molar-refractivity contribution in [1.82, 2.24) is 9.62 Å². The van der Waals surface area contributed by atoms with E-state index in [4.69, 9.17) is 0 Å². The summed E-state index contributed by atoms with van der Waals surface area (Å²) in [5.41, 5.74) is 1.42. The Bertz CT molecular complexity index is 610. The summed E-state index contributed by atoms with van der Waals surface area (Å²) >= 11 is 0. The highest BCUT2D eigenvalue weighted by Crippen LogP contribution is 2.40. The topological polar surface area (TPSA) is 49.4 Å². The quantitative estimate of drug-likeness (QED) is 0.900. The van der Waals surface area contributed by atoms with Gasteiger partial charge in [0.25, 0.3) is 0 Å². The van der Waals surface area contributed by atoms with Crippen molar-refractivity contribution in [2.45, 2.75) is 43.9 Å². The van der Waals surface area contributed by atoms with E-state index in [0.29, 0.717) is 18.0 Å². The van der Waals surface area contributed by atoms with Crippen LogP contribution in [0.25, 0.3) is 0 Å². The van der Waals surface area contributed by atoms with Gasteiger partial charge in [0, 0.05) is 13.1 Å². The van der Waals surface area contributed by atoms with Crippen molar-refractivity contribution >= 4 is 22.4 Å². The fourth-order valence-corrected chi connectivity index (χ4v) is 5.28. The summed E-state index contributed by atoms with van der Waals surface area (Å²) in [7, 11) is -3.33. The van der Waals surface area contributed by atoms with Crippen molar-refractivity contribution in [1.29, 1.82) is 0 Å². The van der Waals surface area contributed by atoms with Crippen LogP contribution in [0, 0.1) is 5.41 Å². The Labute approximate surface area is 146 Å². The van der Waals surface area contributed by atoms with Crippen LogP contribution in [-0.2, 0) is 16.4 Å². The lowest BCUT2D eigenvalue weighted by atomic mass is 9.78. The Morgan fingerprint density at radius 3 is 2.39 bits per heavy atom. The minimum Gasteiger partial charge on any atom is -0.317 e. The first-order valence-corrected chi connectivity index (χ1v) is 9.80. The van der Waals surface area contributed by atoms with Crippen molar-refractivity contribution in [2.75, 3.05) is 26.2 Å². The second-order valence-electron chi connectivity index (χ2n) is 6.73. The molecule has 0 unspecified atom stereocenters. The van der Waals surface area contributed by atoms with Crippen LogP contribution >= 0.6 is 12.4 Å². The number of hydrogen-bond acceptors (Lipinski definition) is 3. The highest BCUT2D eigenvalue weighted by Gasteiger charge is 2.43. The second-order valence-corrected chi connectivity index (χ2v) is 8.67. The third-order valence-corrected chi connectivity index (χ3v) is 7.03. The van der Waals surface area contributed by atoms with E-state index in [2.05, 4.69) is 12.2 Å². The standard InChI is InChI=1S/C17H26N2O2S.ClH/c1-2-3-15-4-6-16(7-5-15)22(20,21)19-13-10-17(14-19)8-11-18-12-9-17;/h4-7,18H,2-3,8-14H2,1H3;1H. The van der Waals surface area contributed by atoms with Gasteiger partial charge in [0.15, 0.2) is 0 Å². The normalized spacial score (nSPS) is 21.3. The summed E-state index contributed by atoms with van der Waals surface area (Å²) in [6.45, 7) is 5.51. The van der Waals surface area contributed by atoms with Gasteiger partial charge in [-0.1, -0.05) is 25.5 Å². The predicted octanol–water partition coefficient (Wildman–Crippen LogP) is 2.83. The smallest absolute Gasteiger partial charge is 0.243 e. The van der Waals surface area contributed by atoms with Gasteiger partial charge in [-0.2, -0.15) is 4.31 Å². The molecule has 4 nitrogen and oxygen atoms in total. The zero-order valence-electron chi connectivity index (χ0n) is 13.8. The molecule has 2 saturated heterocycles. The molecule has 2 fully saturated rings. The molecule has 0 aliphatic carbocycles. The Morgan fingerprint density at radius 2 is 1.78 bits per heavy atom. The van der Waals surface area contributed by atoms with Gasteiger partial charge in [0.2, 0.25) is 10.0 Å². The van der Waals surface area contributed by atoms with Gasteiger partial charge in [-0.25, -0.2) is 8.42 Å². The molecule has 0 bridgehead atoms. The summed E-state index contributed by atoms with van der Waals surface area (Å²) in [6.07, 6.45) is 5.26. The minimum atomic E-state index is -3.33. The minimum absolute atomic E-state index is 0. The van der Waals surface area contributed by atoms with Crippen LogP contribution in [0.15, 0.2) is 29.2 Å². The van der Waals surface area contributed by atoms with Gasteiger partial charge in [-0.15, -0.1) is 12.4 Å². The first-order valence-electron chi connectivity index (χ1n) is 8.36. The van der Waals surface area contributed by atoms with E-state index >= 15 is 0 Å². The number of hydrogen-bond donors (Lipinski definition) is 1. The highest BCUT2D eigenvalue weighted by atomic mass is 35.5. The van der Waals surface area contributed by atoms with Crippen LogP contribution in [-0.4, -0.2) is 38.9 Å². The SMILES string of the molecule is CCCc1ccc(S(=O)(=O)N2CCC3(CCNCC3)C2)cc1.Cl. The summed E-state index contributed by atoms with van der Waals surface area (Å²) in [6, 6.07) is 7.45. The number of piperidine rings is 1. The van der Waals surface area contributed by atoms with Crippen LogP contribution in [0.2, 0.25) is 0 Å². The lowest BCUT2D eigenvalue weighted by Crippen LogP contribution is -2.39. The van der Waals surface area contributed by atoms with Crippen molar-refractivity contribution in [3.05, 3.63) is 29.8 Å². The Kier molecular flexibility index (Phi) is 6.11. The van der Waals surface area contributed by atoms with Crippen molar-refractivity contribution < 1.29 is 8.42 Å². The summed E-state index contributed by atoms with van der Waals surface area (Å²) < 4.78 is 27.4. The molecule has 1 aromatic rings. The molecule has 2 aliphatic rings. The number of nitrogens with zero attached hydrogens (tertiary/aromatic N) is 1. The molecule has 0 radical (unpaired) electrons. The monoisotopic (exact) mass is 358 g/mol. The Balaban J connectivity index is 0.00000192. The zero-order valence-corrected chi connectivity index (χ0v) is 15.4. The maximum absolute atomic E-state index is 12.8. The predicted molar refractivity (Wildman–Crippen MR) is 95.6 cm³/mol. The van der Waals surface area contributed by atoms with E-state index in [1.54, 1.807) is 16.4 Å². The van der Waals surface area contributed by atoms with Crippen LogP contribution in [0.5, 0.6) is 0 Å². The highest BCUT2D eigenvalue weighted by molar-refractivity contribution is 7.89. The van der Waals surface area contributed by atoms with E-state index < -0.39 is 10.0 Å². The van der Waals surface area contributed by atoms with Gasteiger partial charge < -0.3 is 5.32 Å². The lowest BCUT2D eigenvalue weighted by molar-refractivity contribution is 0.218. The number of halogens is 1. The lowest BCUT2D eigenvalue weighted by Gasteiger charge is -2.33. The molecule has 23 heavy (non-hydrogen) atoms. The number of nitrogens with one attached hydrogen (secondary N) is 1. The molecule has 6 heteroatoms. The molecule has 1 spiro atoms. The largest absolute Gasteiger partial charge is 0.317 e. The van der Waals surface area contributed by atoms with Gasteiger partial charge in [0.05, 0.1) is 4.90 Å². The van der Waals surface area contributed by atoms with Crippen molar-refractivity contribution in [2.24, 2.45) is 5.41 Å². The third kappa shape index (κ3) is 3.90. The first kappa shape index (κ1) is 18.7. The van der Waals surface area contributed by atoms with Gasteiger partial charge in [-0.3, -0.25) is 0 Å². The van der Waals surface area contributed by atoms with Crippen LogP contribution in [0.1, 0.15) is 38.2 Å². The maximum Gasteiger partial charge on any atom is 0.243 e. The molecular weight excluding hydrogens is 332 g/mol.